The van der Waals surface area contributed by atoms with Gasteiger partial charge in [-0.2, -0.15) is 0 Å². The van der Waals surface area contributed by atoms with Gasteiger partial charge in [0.2, 0.25) is 0 Å². The molecule has 0 aliphatic heterocycles. The van der Waals surface area contributed by atoms with Crippen LogP contribution in [0.1, 0.15) is 37.0 Å². The van der Waals surface area contributed by atoms with Crippen LogP contribution in [0.3, 0.4) is 0 Å². The summed E-state index contributed by atoms with van der Waals surface area (Å²) in [5.41, 5.74) is 6.37. The fourth-order valence-corrected chi connectivity index (χ4v) is 4.00. The van der Waals surface area contributed by atoms with Gasteiger partial charge in [-0.15, -0.1) is 11.3 Å². The molecule has 13 heavy (non-hydrogen) atoms. The number of hydrogen-bond donors (Lipinski definition) is 1. The normalized spacial score (nSPS) is 21.7. The molecule has 2 rings (SSSR count). The predicted octanol–water partition coefficient (Wildman–Crippen LogP) is 3.63. The molecule has 0 spiro atoms. The van der Waals surface area contributed by atoms with Crippen molar-refractivity contribution in [1.29, 1.82) is 0 Å². The molecule has 3 heteroatoms. The van der Waals surface area contributed by atoms with E-state index in [2.05, 4.69) is 27.4 Å². The third kappa shape index (κ3) is 1.83. The Kier molecular flexibility index (Phi) is 2.77. The number of thiophene rings is 1. The molecule has 1 aliphatic carbocycles. The highest BCUT2D eigenvalue weighted by Crippen LogP contribution is 2.40. The van der Waals surface area contributed by atoms with Crippen molar-refractivity contribution in [3.05, 3.63) is 20.8 Å². The summed E-state index contributed by atoms with van der Waals surface area (Å²) in [6.45, 7) is 0. The fraction of sp³-hybridized carbons (Fsp3) is 0.600. The van der Waals surface area contributed by atoms with Gasteiger partial charge in [0, 0.05) is 9.35 Å². The number of halogens is 1. The molecule has 0 amide bonds. The van der Waals surface area contributed by atoms with Crippen molar-refractivity contribution in [2.45, 2.75) is 37.6 Å². The molecule has 2 N–H and O–H groups in total. The van der Waals surface area contributed by atoms with Gasteiger partial charge >= 0.3 is 0 Å². The molecule has 0 saturated heterocycles. The maximum Gasteiger partial charge on any atom is 0.0515 e. The van der Waals surface area contributed by atoms with E-state index in [1.807, 2.05) is 0 Å². The summed E-state index contributed by atoms with van der Waals surface area (Å²) in [5, 5.41) is 2.11. The van der Waals surface area contributed by atoms with Crippen molar-refractivity contribution >= 4 is 27.3 Å². The maximum absolute atomic E-state index is 6.41. The van der Waals surface area contributed by atoms with Crippen LogP contribution >= 0.6 is 27.3 Å². The Labute approximate surface area is 91.5 Å². The Balaban J connectivity index is 2.27. The molecule has 0 aromatic carbocycles. The van der Waals surface area contributed by atoms with Crippen molar-refractivity contribution in [2.24, 2.45) is 5.73 Å². The van der Waals surface area contributed by atoms with E-state index >= 15 is 0 Å². The highest BCUT2D eigenvalue weighted by atomic mass is 79.9. The Hall–Kier alpha value is 0.140. The molecule has 1 heterocycles. The lowest BCUT2D eigenvalue weighted by molar-refractivity contribution is 0.307. The van der Waals surface area contributed by atoms with Gasteiger partial charge in [-0.05, 0) is 40.2 Å². The summed E-state index contributed by atoms with van der Waals surface area (Å²) in [5.74, 6) is 0. The lowest BCUT2D eigenvalue weighted by Gasteiger charge is -2.32. The molecule has 1 aromatic rings. The molecular weight excluding hydrogens is 246 g/mol. The smallest absolute Gasteiger partial charge is 0.0515 e. The predicted molar refractivity (Wildman–Crippen MR) is 61.0 cm³/mol. The van der Waals surface area contributed by atoms with Crippen molar-refractivity contribution in [1.82, 2.24) is 0 Å². The zero-order valence-electron chi connectivity index (χ0n) is 7.55. The Morgan fingerprint density at radius 1 is 1.31 bits per heavy atom. The van der Waals surface area contributed by atoms with Crippen LogP contribution in [-0.2, 0) is 5.54 Å². The first-order valence-electron chi connectivity index (χ1n) is 4.75. The van der Waals surface area contributed by atoms with Gasteiger partial charge in [0.1, 0.15) is 0 Å². The van der Waals surface area contributed by atoms with Crippen molar-refractivity contribution in [3.8, 4) is 0 Å². The SMILES string of the molecule is NC1(c2sccc2Br)CCCCC1. The quantitative estimate of drug-likeness (QED) is 0.819. The first-order valence-corrected chi connectivity index (χ1v) is 6.42. The van der Waals surface area contributed by atoms with E-state index < -0.39 is 0 Å². The number of rotatable bonds is 1. The first-order chi connectivity index (χ1) is 6.22. The van der Waals surface area contributed by atoms with E-state index in [1.165, 1.54) is 28.6 Å². The Morgan fingerprint density at radius 3 is 2.54 bits per heavy atom. The van der Waals surface area contributed by atoms with Crippen LogP contribution in [0.25, 0.3) is 0 Å². The minimum Gasteiger partial charge on any atom is -0.321 e. The van der Waals surface area contributed by atoms with Crippen LogP contribution in [0.4, 0.5) is 0 Å². The third-order valence-electron chi connectivity index (χ3n) is 2.82. The molecule has 0 atom stereocenters. The second kappa shape index (κ2) is 3.71. The molecule has 72 valence electrons. The molecule has 0 radical (unpaired) electrons. The Bertz CT molecular complexity index is 289. The van der Waals surface area contributed by atoms with Crippen LogP contribution < -0.4 is 5.73 Å². The van der Waals surface area contributed by atoms with Crippen LogP contribution in [0.5, 0.6) is 0 Å². The molecule has 0 unspecified atom stereocenters. The molecule has 1 saturated carbocycles. The fourth-order valence-electron chi connectivity index (χ4n) is 2.06. The summed E-state index contributed by atoms with van der Waals surface area (Å²) in [6, 6.07) is 2.10. The molecule has 1 aliphatic rings. The average Bonchev–Trinajstić information content (AvgIpc) is 2.53. The van der Waals surface area contributed by atoms with Gasteiger partial charge in [-0.3, -0.25) is 0 Å². The zero-order chi connectivity index (χ0) is 9.31. The summed E-state index contributed by atoms with van der Waals surface area (Å²) in [4.78, 5) is 1.34. The lowest BCUT2D eigenvalue weighted by Crippen LogP contribution is -2.37. The number of hydrogen-bond acceptors (Lipinski definition) is 2. The highest BCUT2D eigenvalue weighted by molar-refractivity contribution is 9.10. The number of nitrogens with two attached hydrogens (primary N) is 1. The van der Waals surface area contributed by atoms with Gasteiger partial charge in [0.25, 0.3) is 0 Å². The minimum absolute atomic E-state index is 0.0365. The standard InChI is InChI=1S/C10H14BrNS/c11-8-4-7-13-9(8)10(12)5-2-1-3-6-10/h4,7H,1-3,5-6,12H2. The van der Waals surface area contributed by atoms with Crippen molar-refractivity contribution < 1.29 is 0 Å². The molecular formula is C10H14BrNS. The van der Waals surface area contributed by atoms with Gasteiger partial charge in [0.05, 0.1) is 5.54 Å². The highest BCUT2D eigenvalue weighted by Gasteiger charge is 2.31. The molecule has 1 aromatic heterocycles. The lowest BCUT2D eigenvalue weighted by atomic mass is 9.81. The van der Waals surface area contributed by atoms with E-state index in [4.69, 9.17) is 5.73 Å². The van der Waals surface area contributed by atoms with Gasteiger partial charge in [-0.1, -0.05) is 19.3 Å². The minimum atomic E-state index is -0.0365. The maximum atomic E-state index is 6.41. The van der Waals surface area contributed by atoms with Gasteiger partial charge < -0.3 is 5.73 Å². The monoisotopic (exact) mass is 259 g/mol. The van der Waals surface area contributed by atoms with Gasteiger partial charge in [-0.25, -0.2) is 0 Å². The van der Waals surface area contributed by atoms with Crippen molar-refractivity contribution in [3.63, 3.8) is 0 Å². The van der Waals surface area contributed by atoms with E-state index in [1.54, 1.807) is 11.3 Å². The first kappa shape index (κ1) is 9.69. The zero-order valence-corrected chi connectivity index (χ0v) is 9.96. The second-order valence-electron chi connectivity index (χ2n) is 3.81. The third-order valence-corrected chi connectivity index (χ3v) is 4.87. The summed E-state index contributed by atoms with van der Waals surface area (Å²) in [6.07, 6.45) is 6.20. The van der Waals surface area contributed by atoms with Gasteiger partial charge in [0.15, 0.2) is 0 Å². The van der Waals surface area contributed by atoms with Crippen LogP contribution in [-0.4, -0.2) is 0 Å². The Morgan fingerprint density at radius 2 is 2.00 bits per heavy atom. The average molecular weight is 260 g/mol. The van der Waals surface area contributed by atoms with Crippen LogP contribution in [0.2, 0.25) is 0 Å². The summed E-state index contributed by atoms with van der Waals surface area (Å²) >= 11 is 5.35. The molecule has 0 bridgehead atoms. The summed E-state index contributed by atoms with van der Waals surface area (Å²) < 4.78 is 1.20. The van der Waals surface area contributed by atoms with E-state index in [-0.39, 0.29) is 5.54 Å². The van der Waals surface area contributed by atoms with E-state index in [0.29, 0.717) is 0 Å². The van der Waals surface area contributed by atoms with E-state index in [9.17, 15) is 0 Å². The summed E-state index contributed by atoms with van der Waals surface area (Å²) in [7, 11) is 0. The van der Waals surface area contributed by atoms with E-state index in [0.717, 1.165) is 12.8 Å². The largest absolute Gasteiger partial charge is 0.321 e. The topological polar surface area (TPSA) is 26.0 Å². The second-order valence-corrected chi connectivity index (χ2v) is 5.58. The van der Waals surface area contributed by atoms with Crippen LogP contribution in [0, 0.1) is 0 Å². The molecule has 1 nitrogen and oxygen atoms in total. The molecule has 1 fully saturated rings. The van der Waals surface area contributed by atoms with Crippen LogP contribution in [0.15, 0.2) is 15.9 Å². The van der Waals surface area contributed by atoms with Crippen molar-refractivity contribution in [2.75, 3.05) is 0 Å².